The molecule has 4 nitrogen and oxygen atoms in total. The van der Waals surface area contributed by atoms with Crippen molar-refractivity contribution in [1.82, 2.24) is 9.97 Å². The van der Waals surface area contributed by atoms with E-state index in [2.05, 4.69) is 25.9 Å². The zero-order valence-corrected chi connectivity index (χ0v) is 13.5. The summed E-state index contributed by atoms with van der Waals surface area (Å²) in [6, 6.07) is 5.60. The Morgan fingerprint density at radius 1 is 1.35 bits per heavy atom. The van der Waals surface area contributed by atoms with E-state index in [1.807, 2.05) is 39.0 Å². The fourth-order valence-corrected chi connectivity index (χ4v) is 2.63. The number of ether oxygens (including phenoxy) is 1. The normalized spacial score (nSPS) is 10.9. The Hall–Kier alpha value is -1.62. The van der Waals surface area contributed by atoms with Gasteiger partial charge in [-0.1, -0.05) is 29.8 Å². The summed E-state index contributed by atoms with van der Waals surface area (Å²) in [5.74, 6) is 1.34. The van der Waals surface area contributed by atoms with Gasteiger partial charge in [0.2, 0.25) is 0 Å². The zero-order chi connectivity index (χ0) is 14.9. The van der Waals surface area contributed by atoms with Gasteiger partial charge < -0.3 is 9.72 Å². The van der Waals surface area contributed by atoms with Gasteiger partial charge in [-0.2, -0.15) is 0 Å². The minimum absolute atomic E-state index is 0.0930. The van der Waals surface area contributed by atoms with E-state index < -0.39 is 0 Å². The molecule has 0 saturated carbocycles. The maximum atomic E-state index is 12.2. The van der Waals surface area contributed by atoms with E-state index in [1.165, 1.54) is 0 Å². The van der Waals surface area contributed by atoms with Gasteiger partial charge in [-0.3, -0.25) is 4.79 Å². The maximum absolute atomic E-state index is 12.2. The maximum Gasteiger partial charge on any atom is 0.254 e. The lowest BCUT2D eigenvalue weighted by atomic mass is 10.0. The van der Waals surface area contributed by atoms with E-state index in [9.17, 15) is 4.79 Å². The van der Waals surface area contributed by atoms with Crippen molar-refractivity contribution in [3.05, 3.63) is 44.3 Å². The molecule has 0 unspecified atom stereocenters. The fraction of sp³-hybridized carbons (Fsp3) is 0.333. The summed E-state index contributed by atoms with van der Waals surface area (Å²) < 4.78 is 6.23. The highest BCUT2D eigenvalue weighted by Gasteiger charge is 2.15. The highest BCUT2D eigenvalue weighted by Crippen LogP contribution is 2.30. The number of aromatic amines is 1. The highest BCUT2D eigenvalue weighted by atomic mass is 79.9. The van der Waals surface area contributed by atoms with Crippen LogP contribution in [-0.2, 0) is 0 Å². The van der Waals surface area contributed by atoms with Crippen molar-refractivity contribution in [2.45, 2.75) is 26.7 Å². The van der Waals surface area contributed by atoms with Crippen LogP contribution >= 0.6 is 15.9 Å². The van der Waals surface area contributed by atoms with E-state index in [0.717, 1.165) is 21.3 Å². The van der Waals surface area contributed by atoms with Crippen molar-refractivity contribution in [3.63, 3.8) is 0 Å². The van der Waals surface area contributed by atoms with Crippen LogP contribution < -0.4 is 10.3 Å². The number of nitrogens with one attached hydrogen (secondary N) is 1. The summed E-state index contributed by atoms with van der Waals surface area (Å²) in [5, 5.41) is 0. The van der Waals surface area contributed by atoms with Gasteiger partial charge in [-0.25, -0.2) is 4.98 Å². The average molecular weight is 337 g/mol. The van der Waals surface area contributed by atoms with Gasteiger partial charge in [0.05, 0.1) is 12.7 Å². The lowest BCUT2D eigenvalue weighted by molar-refractivity contribution is 0.416. The fourth-order valence-electron chi connectivity index (χ4n) is 2.27. The minimum Gasteiger partial charge on any atom is -0.496 e. The Bertz CT molecular complexity index is 693. The summed E-state index contributed by atoms with van der Waals surface area (Å²) in [6.07, 6.45) is 0. The number of hydrogen-bond donors (Lipinski definition) is 1. The van der Waals surface area contributed by atoms with Crippen LogP contribution in [0.15, 0.2) is 27.5 Å². The molecule has 2 aromatic rings. The van der Waals surface area contributed by atoms with E-state index in [1.54, 1.807) is 7.11 Å². The van der Waals surface area contributed by atoms with Crippen molar-refractivity contribution < 1.29 is 4.74 Å². The third-order valence-electron chi connectivity index (χ3n) is 3.14. The Labute approximate surface area is 126 Å². The number of nitrogens with zero attached hydrogens (tertiary/aromatic N) is 1. The molecule has 1 heterocycles. The summed E-state index contributed by atoms with van der Waals surface area (Å²) in [7, 11) is 1.60. The molecule has 1 N–H and O–H groups in total. The summed E-state index contributed by atoms with van der Waals surface area (Å²) in [6.45, 7) is 5.83. The molecule has 1 aromatic heterocycles. The van der Waals surface area contributed by atoms with Crippen LogP contribution in [0, 0.1) is 6.92 Å². The Kier molecular flexibility index (Phi) is 4.28. The van der Waals surface area contributed by atoms with Gasteiger partial charge in [-0.15, -0.1) is 0 Å². The molecule has 20 heavy (non-hydrogen) atoms. The third-order valence-corrected chi connectivity index (χ3v) is 3.63. The van der Waals surface area contributed by atoms with Gasteiger partial charge in [0, 0.05) is 15.7 Å². The number of methoxy groups -OCH3 is 1. The number of aryl methyl sites for hydroxylation is 1. The Balaban J connectivity index is 2.66. The lowest BCUT2D eigenvalue weighted by Crippen LogP contribution is -2.18. The molecule has 0 aliphatic heterocycles. The Morgan fingerprint density at radius 2 is 2.05 bits per heavy atom. The zero-order valence-electron chi connectivity index (χ0n) is 12.0. The monoisotopic (exact) mass is 336 g/mol. The largest absolute Gasteiger partial charge is 0.496 e. The van der Waals surface area contributed by atoms with Gasteiger partial charge in [-0.05, 0) is 31.0 Å². The second-order valence-electron chi connectivity index (χ2n) is 4.91. The van der Waals surface area contributed by atoms with E-state index in [4.69, 9.17) is 4.74 Å². The second kappa shape index (κ2) is 5.79. The molecular formula is C15H17BrN2O2. The number of aromatic nitrogens is 2. The van der Waals surface area contributed by atoms with E-state index >= 15 is 0 Å². The van der Waals surface area contributed by atoms with Crippen molar-refractivity contribution in [3.8, 4) is 17.1 Å². The van der Waals surface area contributed by atoms with Crippen LogP contribution in [0.5, 0.6) is 5.75 Å². The van der Waals surface area contributed by atoms with Crippen LogP contribution in [0.25, 0.3) is 11.4 Å². The molecule has 0 aliphatic carbocycles. The molecule has 0 amide bonds. The summed E-state index contributed by atoms with van der Waals surface area (Å²) >= 11 is 3.42. The number of hydrogen-bond acceptors (Lipinski definition) is 3. The minimum atomic E-state index is -0.0930. The van der Waals surface area contributed by atoms with E-state index in [-0.39, 0.29) is 11.5 Å². The van der Waals surface area contributed by atoms with Crippen molar-refractivity contribution in [1.29, 1.82) is 0 Å². The second-order valence-corrected chi connectivity index (χ2v) is 5.83. The van der Waals surface area contributed by atoms with Gasteiger partial charge >= 0.3 is 0 Å². The molecule has 106 valence electrons. The first kappa shape index (κ1) is 14.8. The lowest BCUT2D eigenvalue weighted by Gasteiger charge is -2.12. The predicted molar refractivity (Wildman–Crippen MR) is 83.4 cm³/mol. The molecule has 0 fully saturated rings. The number of halogens is 1. The van der Waals surface area contributed by atoms with Crippen molar-refractivity contribution in [2.75, 3.05) is 7.11 Å². The van der Waals surface area contributed by atoms with Gasteiger partial charge in [0.1, 0.15) is 11.6 Å². The smallest absolute Gasteiger partial charge is 0.254 e. The molecule has 2 rings (SSSR count). The highest BCUT2D eigenvalue weighted by molar-refractivity contribution is 9.10. The first-order valence-corrected chi connectivity index (χ1v) is 7.18. The van der Waals surface area contributed by atoms with E-state index in [0.29, 0.717) is 11.6 Å². The van der Waals surface area contributed by atoms with Crippen LogP contribution in [-0.4, -0.2) is 17.1 Å². The molecule has 0 radical (unpaired) electrons. The average Bonchev–Trinajstić information content (AvgIpc) is 2.37. The third kappa shape index (κ3) is 2.77. The summed E-state index contributed by atoms with van der Waals surface area (Å²) in [5.41, 5.74) is 2.14. The first-order valence-electron chi connectivity index (χ1n) is 6.38. The molecule has 0 saturated heterocycles. The van der Waals surface area contributed by atoms with Crippen LogP contribution in [0.1, 0.15) is 31.0 Å². The number of benzene rings is 1. The van der Waals surface area contributed by atoms with Crippen molar-refractivity contribution in [2.24, 2.45) is 0 Å². The molecule has 5 heteroatoms. The first-order chi connectivity index (χ1) is 9.43. The topological polar surface area (TPSA) is 55.0 Å². The molecule has 0 aliphatic rings. The van der Waals surface area contributed by atoms with Gasteiger partial charge in [0.15, 0.2) is 0 Å². The molecule has 0 spiro atoms. The van der Waals surface area contributed by atoms with Crippen LogP contribution in [0.4, 0.5) is 0 Å². The molecule has 0 atom stereocenters. The van der Waals surface area contributed by atoms with Crippen LogP contribution in [0.2, 0.25) is 0 Å². The van der Waals surface area contributed by atoms with Gasteiger partial charge in [0.25, 0.3) is 5.56 Å². The predicted octanol–water partition coefficient (Wildman–Crippen LogP) is 3.64. The molecule has 1 aromatic carbocycles. The van der Waals surface area contributed by atoms with Crippen molar-refractivity contribution >= 4 is 15.9 Å². The molecule has 0 bridgehead atoms. The Morgan fingerprint density at radius 3 is 2.60 bits per heavy atom. The quantitative estimate of drug-likeness (QED) is 0.930. The number of H-pyrrole nitrogens is 1. The van der Waals surface area contributed by atoms with Crippen LogP contribution in [0.3, 0.4) is 0 Å². The number of rotatable bonds is 3. The molecular weight excluding hydrogens is 320 g/mol. The standard InChI is InChI=1S/C15H17BrN2O2/c1-8(2)13-9(3)17-14(18-15(13)19)11-7-10(16)5-6-12(11)20-4/h5-8H,1-4H3,(H,17,18,19). The SMILES string of the molecule is COc1ccc(Br)cc1-c1nc(C)c(C(C)C)c(=O)[nH]1. The summed E-state index contributed by atoms with van der Waals surface area (Å²) in [4.78, 5) is 19.6.